The van der Waals surface area contributed by atoms with Gasteiger partial charge in [-0.15, -0.1) is 0 Å². The first kappa shape index (κ1) is 15.5. The number of likely N-dealkylation sites (N-methyl/N-ethyl adjacent to an activating group) is 1. The molecular formula is C14H23N5O2. The number of nitrogens with zero attached hydrogens (tertiary/aromatic N) is 2. The monoisotopic (exact) mass is 293 g/mol. The number of primary amides is 1. The zero-order valence-electron chi connectivity index (χ0n) is 12.8. The summed E-state index contributed by atoms with van der Waals surface area (Å²) in [5.41, 5.74) is 7.04. The summed E-state index contributed by atoms with van der Waals surface area (Å²) in [4.78, 5) is 33.1. The van der Waals surface area contributed by atoms with Crippen molar-refractivity contribution in [2.75, 3.05) is 26.7 Å². The number of nitrogens with two attached hydrogens (primary N) is 1. The molecule has 0 aliphatic carbocycles. The number of hydrogen-bond donors (Lipinski definition) is 3. The molecule has 0 unspecified atom stereocenters. The molecule has 1 aliphatic heterocycles. The van der Waals surface area contributed by atoms with E-state index < -0.39 is 5.91 Å². The number of rotatable bonds is 5. The molecule has 1 saturated heterocycles. The molecule has 1 aromatic heterocycles. The maximum atomic E-state index is 12.3. The van der Waals surface area contributed by atoms with Crippen LogP contribution in [0.15, 0.2) is 0 Å². The van der Waals surface area contributed by atoms with Gasteiger partial charge in [0.25, 0.3) is 0 Å². The molecule has 4 N–H and O–H groups in total. The second-order valence-corrected chi connectivity index (χ2v) is 5.67. The molecule has 7 nitrogen and oxygen atoms in total. The first-order chi connectivity index (χ1) is 9.92. The van der Waals surface area contributed by atoms with E-state index in [9.17, 15) is 9.59 Å². The molecule has 21 heavy (non-hydrogen) atoms. The van der Waals surface area contributed by atoms with Crippen molar-refractivity contribution in [2.45, 2.75) is 26.2 Å². The van der Waals surface area contributed by atoms with Gasteiger partial charge in [0.2, 0.25) is 11.8 Å². The number of aromatic nitrogens is 2. The van der Waals surface area contributed by atoms with Crippen molar-refractivity contribution in [3.8, 4) is 0 Å². The van der Waals surface area contributed by atoms with E-state index in [1.165, 1.54) is 0 Å². The van der Waals surface area contributed by atoms with Gasteiger partial charge in [0.1, 0.15) is 5.82 Å². The van der Waals surface area contributed by atoms with Crippen LogP contribution >= 0.6 is 0 Å². The molecule has 0 aromatic carbocycles. The Labute approximate surface area is 124 Å². The van der Waals surface area contributed by atoms with E-state index in [1.54, 1.807) is 0 Å². The highest BCUT2D eigenvalue weighted by molar-refractivity contribution is 5.85. The average Bonchev–Trinajstić information content (AvgIpc) is 2.98. The lowest BCUT2D eigenvalue weighted by molar-refractivity contribution is -0.127. The summed E-state index contributed by atoms with van der Waals surface area (Å²) >= 11 is 0. The topological polar surface area (TPSA) is 104 Å². The van der Waals surface area contributed by atoms with Crippen LogP contribution in [0.3, 0.4) is 0 Å². The molecule has 1 aliphatic rings. The minimum absolute atomic E-state index is 0.0411. The summed E-state index contributed by atoms with van der Waals surface area (Å²) in [7, 11) is 1.98. The van der Waals surface area contributed by atoms with E-state index in [-0.39, 0.29) is 24.3 Å². The Hall–Kier alpha value is -1.89. The molecule has 0 spiro atoms. The van der Waals surface area contributed by atoms with Crippen molar-refractivity contribution >= 4 is 11.8 Å². The van der Waals surface area contributed by atoms with Crippen LogP contribution in [-0.2, 0) is 16.0 Å². The van der Waals surface area contributed by atoms with Crippen LogP contribution in [0, 0.1) is 12.8 Å². The standard InChI is InChI=1S/C14H23N5O2/c1-4-12-17-8(2)13(18-12)9-6-19(3)7-10(9)14(21)16-5-11(15)20/h9-10H,4-7H2,1-3H3,(H2,15,20)(H,16,21)(H,17,18)/t9-,10-/m1/s1. The van der Waals surface area contributed by atoms with Gasteiger partial charge < -0.3 is 20.9 Å². The van der Waals surface area contributed by atoms with E-state index >= 15 is 0 Å². The predicted molar refractivity (Wildman–Crippen MR) is 78.6 cm³/mol. The van der Waals surface area contributed by atoms with Gasteiger partial charge in [0.15, 0.2) is 0 Å². The molecule has 1 fully saturated rings. The minimum Gasteiger partial charge on any atom is -0.368 e. The van der Waals surface area contributed by atoms with Gasteiger partial charge in [-0.3, -0.25) is 9.59 Å². The molecule has 0 bridgehead atoms. The third kappa shape index (κ3) is 3.41. The van der Waals surface area contributed by atoms with Crippen LogP contribution in [0.4, 0.5) is 0 Å². The number of imidazole rings is 1. The summed E-state index contributed by atoms with van der Waals surface area (Å²) < 4.78 is 0. The zero-order valence-corrected chi connectivity index (χ0v) is 12.8. The largest absolute Gasteiger partial charge is 0.368 e. The maximum Gasteiger partial charge on any atom is 0.236 e. The summed E-state index contributed by atoms with van der Waals surface area (Å²) in [6, 6.07) is 0. The second kappa shape index (κ2) is 6.26. The molecule has 116 valence electrons. The van der Waals surface area contributed by atoms with Crippen LogP contribution in [0.5, 0.6) is 0 Å². The van der Waals surface area contributed by atoms with Crippen molar-refractivity contribution in [3.63, 3.8) is 0 Å². The lowest BCUT2D eigenvalue weighted by Gasteiger charge is -2.16. The molecule has 2 heterocycles. The number of aromatic amines is 1. The fourth-order valence-corrected chi connectivity index (χ4v) is 2.91. The van der Waals surface area contributed by atoms with Crippen molar-refractivity contribution in [1.82, 2.24) is 20.2 Å². The Bertz CT molecular complexity index is 539. The Kier molecular flexibility index (Phi) is 4.62. The van der Waals surface area contributed by atoms with Crippen molar-refractivity contribution in [2.24, 2.45) is 11.7 Å². The van der Waals surface area contributed by atoms with Gasteiger partial charge in [0, 0.05) is 31.1 Å². The SMILES string of the molecule is CCc1nc([C@@H]2CN(C)C[C@H]2C(=O)NCC(N)=O)c(C)[nH]1. The van der Waals surface area contributed by atoms with Crippen molar-refractivity contribution in [1.29, 1.82) is 0 Å². The molecule has 0 radical (unpaired) electrons. The highest BCUT2D eigenvalue weighted by atomic mass is 16.2. The van der Waals surface area contributed by atoms with Gasteiger partial charge in [-0.05, 0) is 14.0 Å². The Morgan fingerprint density at radius 1 is 1.48 bits per heavy atom. The van der Waals surface area contributed by atoms with Gasteiger partial charge in [0.05, 0.1) is 18.2 Å². The second-order valence-electron chi connectivity index (χ2n) is 5.67. The number of aryl methyl sites for hydroxylation is 2. The van der Waals surface area contributed by atoms with Gasteiger partial charge >= 0.3 is 0 Å². The maximum absolute atomic E-state index is 12.3. The Balaban J connectivity index is 2.17. The zero-order chi connectivity index (χ0) is 15.6. The van der Waals surface area contributed by atoms with E-state index in [2.05, 4.69) is 20.2 Å². The van der Waals surface area contributed by atoms with Crippen LogP contribution < -0.4 is 11.1 Å². The van der Waals surface area contributed by atoms with E-state index in [4.69, 9.17) is 5.73 Å². The number of amides is 2. The predicted octanol–water partition coefficient (Wildman–Crippen LogP) is -0.473. The van der Waals surface area contributed by atoms with Gasteiger partial charge in [-0.2, -0.15) is 0 Å². The molecule has 2 rings (SSSR count). The van der Waals surface area contributed by atoms with Crippen LogP contribution in [0.1, 0.15) is 30.1 Å². The molecule has 2 atom stereocenters. The summed E-state index contributed by atoms with van der Waals surface area (Å²) in [5.74, 6) is 0.105. The number of H-pyrrole nitrogens is 1. The number of carbonyl (C=O) groups is 2. The van der Waals surface area contributed by atoms with Crippen LogP contribution in [0.25, 0.3) is 0 Å². The number of nitrogens with one attached hydrogen (secondary N) is 2. The minimum atomic E-state index is -0.532. The van der Waals surface area contributed by atoms with E-state index in [1.807, 2.05) is 20.9 Å². The summed E-state index contributed by atoms with van der Waals surface area (Å²) in [5, 5.41) is 2.61. The highest BCUT2D eigenvalue weighted by Gasteiger charge is 2.39. The Morgan fingerprint density at radius 2 is 2.19 bits per heavy atom. The molecule has 2 amide bonds. The molecule has 1 aromatic rings. The van der Waals surface area contributed by atoms with Crippen molar-refractivity contribution < 1.29 is 9.59 Å². The molecular weight excluding hydrogens is 270 g/mol. The Morgan fingerprint density at radius 3 is 2.76 bits per heavy atom. The molecule has 7 heteroatoms. The third-order valence-corrected chi connectivity index (χ3v) is 3.93. The fraction of sp³-hybridized carbons (Fsp3) is 0.643. The first-order valence-corrected chi connectivity index (χ1v) is 7.22. The van der Waals surface area contributed by atoms with Crippen LogP contribution in [-0.4, -0.2) is 53.4 Å². The normalized spacial score (nSPS) is 22.4. The highest BCUT2D eigenvalue weighted by Crippen LogP contribution is 2.32. The smallest absolute Gasteiger partial charge is 0.236 e. The van der Waals surface area contributed by atoms with Crippen molar-refractivity contribution in [3.05, 3.63) is 17.2 Å². The number of hydrogen-bond acceptors (Lipinski definition) is 4. The summed E-state index contributed by atoms with van der Waals surface area (Å²) in [6.07, 6.45) is 0.835. The van der Waals surface area contributed by atoms with Crippen LogP contribution in [0.2, 0.25) is 0 Å². The average molecular weight is 293 g/mol. The number of likely N-dealkylation sites (tertiary alicyclic amines) is 1. The number of carbonyl (C=O) groups excluding carboxylic acids is 2. The lowest BCUT2D eigenvalue weighted by Crippen LogP contribution is -2.39. The molecule has 0 saturated carbocycles. The van der Waals surface area contributed by atoms with Gasteiger partial charge in [-0.25, -0.2) is 4.98 Å². The summed E-state index contributed by atoms with van der Waals surface area (Å²) in [6.45, 7) is 5.34. The lowest BCUT2D eigenvalue weighted by atomic mass is 9.91. The first-order valence-electron chi connectivity index (χ1n) is 7.22. The van der Waals surface area contributed by atoms with E-state index in [0.717, 1.165) is 30.2 Å². The third-order valence-electron chi connectivity index (χ3n) is 3.93. The quantitative estimate of drug-likeness (QED) is 0.682. The fourth-order valence-electron chi connectivity index (χ4n) is 2.91. The van der Waals surface area contributed by atoms with Gasteiger partial charge in [-0.1, -0.05) is 6.92 Å². The van der Waals surface area contributed by atoms with E-state index in [0.29, 0.717) is 6.54 Å².